The summed E-state index contributed by atoms with van der Waals surface area (Å²) in [5.74, 6) is -0.486. The average molecular weight is 298 g/mol. The molecule has 1 atom stereocenters. The van der Waals surface area contributed by atoms with Crippen LogP contribution in [0.5, 0.6) is 0 Å². The summed E-state index contributed by atoms with van der Waals surface area (Å²) >= 11 is 0. The molecule has 1 saturated heterocycles. The molecular weight excluding hydrogens is 278 g/mol. The highest BCUT2D eigenvalue weighted by Crippen LogP contribution is 2.24. The smallest absolute Gasteiger partial charge is 0.248 e. The van der Waals surface area contributed by atoms with Gasteiger partial charge >= 0.3 is 0 Å². The number of hydrogen-bond acceptors (Lipinski definition) is 3. The first kappa shape index (κ1) is 16.5. The van der Waals surface area contributed by atoms with Crippen LogP contribution in [0.25, 0.3) is 0 Å². The summed E-state index contributed by atoms with van der Waals surface area (Å²) in [7, 11) is 0. The molecule has 110 valence electrons. The van der Waals surface area contributed by atoms with E-state index in [9.17, 15) is 9.59 Å². The number of amides is 2. The van der Waals surface area contributed by atoms with Crippen molar-refractivity contribution in [1.29, 1.82) is 0 Å². The molecule has 0 bridgehead atoms. The molecule has 1 aliphatic heterocycles. The molecule has 0 aliphatic carbocycles. The van der Waals surface area contributed by atoms with E-state index in [0.29, 0.717) is 11.3 Å². The van der Waals surface area contributed by atoms with Crippen LogP contribution in [0.1, 0.15) is 36.5 Å². The molecule has 20 heavy (non-hydrogen) atoms. The Bertz CT molecular complexity index is 482. The molecular formula is C14H20ClN3O2. The third-order valence-corrected chi connectivity index (χ3v) is 3.71. The van der Waals surface area contributed by atoms with Gasteiger partial charge in [0.1, 0.15) is 0 Å². The van der Waals surface area contributed by atoms with Crippen molar-refractivity contribution in [3.05, 3.63) is 29.8 Å². The molecule has 0 saturated carbocycles. The quantitative estimate of drug-likeness (QED) is 0.790. The number of rotatable bonds is 4. The van der Waals surface area contributed by atoms with Crippen molar-refractivity contribution < 1.29 is 9.59 Å². The zero-order valence-corrected chi connectivity index (χ0v) is 12.3. The van der Waals surface area contributed by atoms with Gasteiger partial charge in [0.05, 0.1) is 5.54 Å². The number of hydrogen-bond donors (Lipinski definition) is 3. The first-order chi connectivity index (χ1) is 9.07. The van der Waals surface area contributed by atoms with Crippen molar-refractivity contribution >= 4 is 29.9 Å². The van der Waals surface area contributed by atoms with Gasteiger partial charge in [0, 0.05) is 11.3 Å². The van der Waals surface area contributed by atoms with Gasteiger partial charge in [-0.1, -0.05) is 6.92 Å². The first-order valence-corrected chi connectivity index (χ1v) is 6.54. The van der Waals surface area contributed by atoms with E-state index in [-0.39, 0.29) is 18.3 Å². The summed E-state index contributed by atoms with van der Waals surface area (Å²) in [6, 6.07) is 6.60. The first-order valence-electron chi connectivity index (χ1n) is 6.54. The van der Waals surface area contributed by atoms with E-state index in [0.717, 1.165) is 25.8 Å². The van der Waals surface area contributed by atoms with Crippen LogP contribution in [-0.2, 0) is 4.79 Å². The van der Waals surface area contributed by atoms with Crippen LogP contribution in [0, 0.1) is 0 Å². The molecule has 0 spiro atoms. The molecule has 0 radical (unpaired) electrons. The predicted octanol–water partition coefficient (Wildman–Crippen LogP) is 1.68. The SMILES string of the molecule is CCC1(C(=O)Nc2ccc(C(N)=O)cc2)CCCN1.Cl. The van der Waals surface area contributed by atoms with Gasteiger partial charge in [0.15, 0.2) is 0 Å². The van der Waals surface area contributed by atoms with Crippen molar-refractivity contribution in [2.75, 3.05) is 11.9 Å². The molecule has 1 aliphatic rings. The monoisotopic (exact) mass is 297 g/mol. The summed E-state index contributed by atoms with van der Waals surface area (Å²) in [4.78, 5) is 23.3. The number of carbonyl (C=O) groups is 2. The molecule has 2 rings (SSSR count). The number of anilines is 1. The van der Waals surface area contributed by atoms with Crippen molar-refractivity contribution in [3.63, 3.8) is 0 Å². The van der Waals surface area contributed by atoms with E-state index >= 15 is 0 Å². The van der Waals surface area contributed by atoms with Crippen LogP contribution in [0.2, 0.25) is 0 Å². The normalized spacial score (nSPS) is 21.1. The Labute approximate surface area is 124 Å². The van der Waals surface area contributed by atoms with Gasteiger partial charge in [-0.2, -0.15) is 0 Å². The van der Waals surface area contributed by atoms with Crippen LogP contribution < -0.4 is 16.4 Å². The lowest BCUT2D eigenvalue weighted by molar-refractivity contribution is -0.122. The van der Waals surface area contributed by atoms with Crippen LogP contribution in [0.15, 0.2) is 24.3 Å². The molecule has 0 aromatic heterocycles. The second kappa shape index (κ2) is 6.72. The fourth-order valence-electron chi connectivity index (χ4n) is 2.43. The maximum Gasteiger partial charge on any atom is 0.248 e. The third-order valence-electron chi connectivity index (χ3n) is 3.71. The Morgan fingerprint density at radius 2 is 2.00 bits per heavy atom. The summed E-state index contributed by atoms with van der Waals surface area (Å²) in [5, 5.41) is 6.17. The maximum atomic E-state index is 12.3. The van der Waals surface area contributed by atoms with Crippen LogP contribution in [-0.4, -0.2) is 23.9 Å². The Balaban J connectivity index is 0.00000200. The standard InChI is InChI=1S/C14H19N3O2.ClH/c1-2-14(8-3-9-16-14)13(19)17-11-6-4-10(5-7-11)12(15)18;/h4-7,16H,2-3,8-9H2,1H3,(H2,15,18)(H,17,19);1H. The van der Waals surface area contributed by atoms with E-state index in [2.05, 4.69) is 10.6 Å². The fraction of sp³-hybridized carbons (Fsp3) is 0.429. The molecule has 1 aromatic rings. The van der Waals surface area contributed by atoms with Gasteiger partial charge in [-0.15, -0.1) is 12.4 Å². The Morgan fingerprint density at radius 1 is 1.35 bits per heavy atom. The van der Waals surface area contributed by atoms with E-state index < -0.39 is 11.4 Å². The van der Waals surface area contributed by atoms with Gasteiger partial charge in [0.25, 0.3) is 0 Å². The Morgan fingerprint density at radius 3 is 2.45 bits per heavy atom. The maximum absolute atomic E-state index is 12.3. The number of nitrogens with two attached hydrogens (primary N) is 1. The number of benzene rings is 1. The second-order valence-electron chi connectivity index (χ2n) is 4.86. The van der Waals surface area contributed by atoms with Crippen LogP contribution in [0.4, 0.5) is 5.69 Å². The summed E-state index contributed by atoms with van der Waals surface area (Å²) < 4.78 is 0. The predicted molar refractivity (Wildman–Crippen MR) is 81.1 cm³/mol. The van der Waals surface area contributed by atoms with Gasteiger partial charge in [-0.05, 0) is 50.1 Å². The lowest BCUT2D eigenvalue weighted by Gasteiger charge is -2.26. The summed E-state index contributed by atoms with van der Waals surface area (Å²) in [5.41, 5.74) is 5.82. The van der Waals surface area contributed by atoms with Crippen LogP contribution in [0.3, 0.4) is 0 Å². The second-order valence-corrected chi connectivity index (χ2v) is 4.86. The van der Waals surface area contributed by atoms with Crippen LogP contribution >= 0.6 is 12.4 Å². The van der Waals surface area contributed by atoms with E-state index in [1.54, 1.807) is 24.3 Å². The summed E-state index contributed by atoms with van der Waals surface area (Å²) in [6.45, 7) is 2.88. The molecule has 4 N–H and O–H groups in total. The minimum Gasteiger partial charge on any atom is -0.366 e. The van der Waals surface area contributed by atoms with E-state index in [4.69, 9.17) is 5.73 Å². The Kier molecular flexibility index (Phi) is 5.53. The number of carbonyl (C=O) groups excluding carboxylic acids is 2. The molecule has 5 nitrogen and oxygen atoms in total. The number of primary amides is 1. The molecule has 6 heteroatoms. The van der Waals surface area contributed by atoms with Gasteiger partial charge < -0.3 is 16.4 Å². The van der Waals surface area contributed by atoms with Gasteiger partial charge in [0.2, 0.25) is 11.8 Å². The fourth-order valence-corrected chi connectivity index (χ4v) is 2.43. The van der Waals surface area contributed by atoms with Gasteiger partial charge in [-0.25, -0.2) is 0 Å². The van der Waals surface area contributed by atoms with E-state index in [1.807, 2.05) is 6.92 Å². The molecule has 1 aromatic carbocycles. The largest absolute Gasteiger partial charge is 0.366 e. The molecule has 1 unspecified atom stereocenters. The van der Waals surface area contributed by atoms with E-state index in [1.165, 1.54) is 0 Å². The molecule has 2 amide bonds. The third kappa shape index (κ3) is 3.29. The highest BCUT2D eigenvalue weighted by atomic mass is 35.5. The lowest BCUT2D eigenvalue weighted by atomic mass is 9.93. The zero-order valence-electron chi connectivity index (χ0n) is 11.4. The average Bonchev–Trinajstić information content (AvgIpc) is 2.89. The van der Waals surface area contributed by atoms with Crippen molar-refractivity contribution in [2.45, 2.75) is 31.7 Å². The Hall–Kier alpha value is -1.59. The minimum atomic E-state index is -0.472. The number of nitrogens with one attached hydrogen (secondary N) is 2. The van der Waals surface area contributed by atoms with Crippen molar-refractivity contribution in [3.8, 4) is 0 Å². The number of halogens is 1. The molecule has 1 heterocycles. The highest BCUT2D eigenvalue weighted by Gasteiger charge is 2.38. The van der Waals surface area contributed by atoms with Gasteiger partial charge in [-0.3, -0.25) is 9.59 Å². The minimum absolute atomic E-state index is 0. The summed E-state index contributed by atoms with van der Waals surface area (Å²) in [6.07, 6.45) is 2.63. The van der Waals surface area contributed by atoms with Crippen molar-refractivity contribution in [2.24, 2.45) is 5.73 Å². The topological polar surface area (TPSA) is 84.2 Å². The highest BCUT2D eigenvalue weighted by molar-refractivity contribution is 5.99. The van der Waals surface area contributed by atoms with Crippen molar-refractivity contribution in [1.82, 2.24) is 5.32 Å². The molecule has 1 fully saturated rings. The lowest BCUT2D eigenvalue weighted by Crippen LogP contribution is -2.50. The zero-order chi connectivity index (χ0) is 13.9.